The Labute approximate surface area is 173 Å². The highest BCUT2D eigenvalue weighted by molar-refractivity contribution is 5.78. The van der Waals surface area contributed by atoms with Crippen LogP contribution in [0.1, 0.15) is 38.5 Å². The summed E-state index contributed by atoms with van der Waals surface area (Å²) in [5.74, 6) is -0.931. The van der Waals surface area contributed by atoms with Gasteiger partial charge in [-0.25, -0.2) is 0 Å². The molecule has 166 valence electrons. The van der Waals surface area contributed by atoms with Crippen LogP contribution in [0.15, 0.2) is 0 Å². The Morgan fingerprint density at radius 1 is 0.931 bits per heavy atom. The number of likely N-dealkylation sites (tertiary alicyclic amines) is 1. The van der Waals surface area contributed by atoms with Crippen molar-refractivity contribution in [3.8, 4) is 0 Å². The third-order valence-electron chi connectivity index (χ3n) is 5.70. The van der Waals surface area contributed by atoms with Crippen LogP contribution in [0.25, 0.3) is 0 Å². The zero-order chi connectivity index (χ0) is 21.1. The van der Waals surface area contributed by atoms with Crippen molar-refractivity contribution in [3.63, 3.8) is 0 Å². The van der Waals surface area contributed by atoms with Crippen LogP contribution >= 0.6 is 0 Å². The lowest BCUT2D eigenvalue weighted by Crippen LogP contribution is -2.50. The van der Waals surface area contributed by atoms with E-state index in [-0.39, 0.29) is 18.2 Å². The number of carbonyl (C=O) groups excluding carboxylic acids is 2. The molecule has 2 rings (SSSR count). The lowest BCUT2D eigenvalue weighted by atomic mass is 10.3. The molecular weight excluding hydrogens is 385 g/mol. The van der Waals surface area contributed by atoms with E-state index in [0.717, 1.165) is 52.1 Å². The van der Waals surface area contributed by atoms with Crippen molar-refractivity contribution in [3.05, 3.63) is 0 Å². The monoisotopic (exact) mass is 422 g/mol. The van der Waals surface area contributed by atoms with Gasteiger partial charge in [-0.3, -0.25) is 24.2 Å². The molecule has 1 atom stereocenters. The number of carboxylic acids is 1. The van der Waals surface area contributed by atoms with E-state index in [1.54, 1.807) is 0 Å². The number of nitrogens with zero attached hydrogens (tertiary/aromatic N) is 3. The minimum Gasteiger partial charge on any atom is -0.481 e. The summed E-state index contributed by atoms with van der Waals surface area (Å²) >= 11 is 0. The van der Waals surface area contributed by atoms with Crippen LogP contribution in [-0.2, 0) is 14.4 Å². The maximum absolute atomic E-state index is 12.3. The second-order valence-electron chi connectivity index (χ2n) is 8.17. The van der Waals surface area contributed by atoms with Crippen LogP contribution in [0.4, 0.5) is 0 Å². The number of likely N-dealkylation sites (N-methyl/N-ethyl adjacent to an activating group) is 1. The van der Waals surface area contributed by atoms with Gasteiger partial charge >= 0.3 is 5.97 Å². The SMILES string of the molecule is CN1CC[15N]([13CH2]C2CCC[15N]2CC(=O)N[13CH2][13CH2][13CH2][13C](=O)NCC[13CH2][13C](=O)O)[13CH2][13CH2]1. The quantitative estimate of drug-likeness (QED) is 0.223. The molecule has 9 heteroatoms. The van der Waals surface area contributed by atoms with Gasteiger partial charge in [-0.15, -0.1) is 0 Å². The number of piperazine rings is 1. The lowest BCUT2D eigenvalue weighted by Gasteiger charge is -2.36. The van der Waals surface area contributed by atoms with Crippen LogP contribution < -0.4 is 10.6 Å². The molecule has 0 aromatic carbocycles. The smallest absolute Gasteiger partial charge is 0.303 e. The van der Waals surface area contributed by atoms with Gasteiger partial charge in [-0.2, -0.15) is 0 Å². The lowest BCUT2D eigenvalue weighted by molar-refractivity contribution is -0.137. The number of hydrogen-bond acceptors (Lipinski definition) is 6. The standard InChI is InChI=1S/C20H37N5O4/c1-23-11-13-24(14-12-23)15-17-5-4-10-25(17)16-19(27)22-8-2-6-18(26)21-9-3-7-20(28)29/h17H,2-16H2,1H3,(H,21,26)(H,22,27)(H,28,29)/i2+1,6+1,7+1,8+1,11+1,13+1,15+1,18+1,20+1,24+1,25+1. The number of nitrogens with one attached hydrogen (secondary N) is 2. The summed E-state index contributed by atoms with van der Waals surface area (Å²) in [5, 5.41) is 14.2. The van der Waals surface area contributed by atoms with Gasteiger partial charge in [0.2, 0.25) is 11.8 Å². The largest absolute Gasteiger partial charge is 0.481 e. The third kappa shape index (κ3) is 9.56. The number of aliphatic carboxylic acids is 1. The van der Waals surface area contributed by atoms with E-state index in [4.69, 9.17) is 5.11 Å². The molecule has 1 unspecified atom stereocenters. The number of hydrogen-bond donors (Lipinski definition) is 3. The summed E-state index contributed by atoms with van der Waals surface area (Å²) < 4.78 is 0. The van der Waals surface area contributed by atoms with E-state index in [1.807, 2.05) is 0 Å². The Morgan fingerprint density at radius 3 is 2.28 bits per heavy atom. The van der Waals surface area contributed by atoms with Gasteiger partial charge < -0.3 is 20.6 Å². The van der Waals surface area contributed by atoms with E-state index in [0.29, 0.717) is 44.9 Å². The highest BCUT2D eigenvalue weighted by Gasteiger charge is 2.28. The average Bonchev–Trinajstić information content (AvgIpc) is 3.10. The van der Waals surface area contributed by atoms with Gasteiger partial charge in [-0.1, -0.05) is 0 Å². The molecule has 0 radical (unpaired) electrons. The minimum absolute atomic E-state index is 0.0251. The zero-order valence-corrected chi connectivity index (χ0v) is 17.7. The summed E-state index contributed by atoms with van der Waals surface area (Å²) in [5.41, 5.74) is 0. The topological polar surface area (TPSA) is 105 Å². The van der Waals surface area contributed by atoms with Crippen LogP contribution in [0.2, 0.25) is 0 Å². The Morgan fingerprint density at radius 2 is 1.59 bits per heavy atom. The molecule has 0 aromatic rings. The third-order valence-corrected chi connectivity index (χ3v) is 5.70. The van der Waals surface area contributed by atoms with Crippen molar-refractivity contribution >= 4 is 17.8 Å². The second-order valence-corrected chi connectivity index (χ2v) is 8.17. The molecule has 0 bridgehead atoms. The number of carboxylic acid groups (broad SMARTS) is 1. The first-order chi connectivity index (χ1) is 13.9. The van der Waals surface area contributed by atoms with Crippen molar-refractivity contribution in [2.24, 2.45) is 0 Å². The predicted octanol–water partition coefficient (Wildman–Crippen LogP) is -0.424. The molecule has 2 saturated heterocycles. The maximum Gasteiger partial charge on any atom is 0.303 e. The summed E-state index contributed by atoms with van der Waals surface area (Å²) in [7, 11) is 2.16. The molecule has 9 nitrogen and oxygen atoms in total. The molecule has 0 spiro atoms. The Balaban J connectivity index is 1.55. The van der Waals surface area contributed by atoms with E-state index < -0.39 is 5.97 Å². The fourth-order valence-electron chi connectivity index (χ4n) is 3.91. The van der Waals surface area contributed by atoms with Crippen molar-refractivity contribution < 1.29 is 19.5 Å². The summed E-state index contributed by atoms with van der Waals surface area (Å²) in [6, 6.07) is 0.459. The highest BCUT2D eigenvalue weighted by atomic mass is 16.5. The van der Waals surface area contributed by atoms with Gasteiger partial charge in [0.15, 0.2) is 0 Å². The number of carbonyl (C=O) groups is 3. The minimum atomic E-state index is -0.856. The highest BCUT2D eigenvalue weighted by Crippen LogP contribution is 2.18. The normalized spacial score (nSPS) is 21.2. The van der Waals surface area contributed by atoms with Gasteiger partial charge in [-0.05, 0) is 39.3 Å². The summed E-state index contributed by atoms with van der Waals surface area (Å²) in [4.78, 5) is 41.5. The van der Waals surface area contributed by atoms with E-state index in [2.05, 4.69) is 32.4 Å². The second kappa shape index (κ2) is 12.8. The van der Waals surface area contributed by atoms with Gasteiger partial charge in [0.1, 0.15) is 0 Å². The van der Waals surface area contributed by atoms with Gasteiger partial charge in [0.25, 0.3) is 0 Å². The van der Waals surface area contributed by atoms with E-state index in [9.17, 15) is 14.4 Å². The van der Waals surface area contributed by atoms with Crippen LogP contribution in [0.3, 0.4) is 0 Å². The molecule has 0 aliphatic carbocycles. The van der Waals surface area contributed by atoms with Crippen LogP contribution in [0, 0.1) is 0 Å². The molecule has 0 aromatic heterocycles. The molecule has 3 N–H and O–H groups in total. The molecule has 0 saturated carbocycles. The molecule has 2 amide bonds. The van der Waals surface area contributed by atoms with Crippen LogP contribution in [0.5, 0.6) is 0 Å². The first-order valence-electron chi connectivity index (χ1n) is 10.8. The fraction of sp³-hybridized carbons (Fsp3) is 0.850. The van der Waals surface area contributed by atoms with E-state index >= 15 is 0 Å². The fourth-order valence-corrected chi connectivity index (χ4v) is 3.91. The molecule has 2 heterocycles. The summed E-state index contributed by atoms with van der Waals surface area (Å²) in [6.45, 7) is 7.74. The zero-order valence-electron chi connectivity index (χ0n) is 17.7. The number of rotatable bonds is 12. The molecule has 2 aliphatic rings. The van der Waals surface area contributed by atoms with Crippen molar-refractivity contribution in [2.75, 3.05) is 66.0 Å². The number of amides is 2. The van der Waals surface area contributed by atoms with Crippen LogP contribution in [-0.4, -0.2) is 110 Å². The Kier molecular flexibility index (Phi) is 10.4. The molecule has 2 aliphatic heterocycles. The van der Waals surface area contributed by atoms with E-state index in [1.165, 1.54) is 0 Å². The Hall–Kier alpha value is -1.71. The Bertz CT molecular complexity index is 537. The molecule has 29 heavy (non-hydrogen) atoms. The summed E-state index contributed by atoms with van der Waals surface area (Å²) in [6.07, 6.45) is 3.71. The molecule has 2 fully saturated rings. The van der Waals surface area contributed by atoms with Gasteiger partial charge in [0, 0.05) is 64.7 Å². The molecular formula is C20H37N5O4. The van der Waals surface area contributed by atoms with Gasteiger partial charge in [0.05, 0.1) is 6.54 Å². The van der Waals surface area contributed by atoms with Crippen molar-refractivity contribution in [1.29, 1.82) is 0 Å². The first-order valence-corrected chi connectivity index (χ1v) is 10.8. The van der Waals surface area contributed by atoms with Crippen molar-refractivity contribution in [2.45, 2.75) is 44.6 Å². The maximum atomic E-state index is 12.3. The predicted molar refractivity (Wildman–Crippen MR) is 111 cm³/mol. The first kappa shape index (κ1) is 23.6. The van der Waals surface area contributed by atoms with Crippen molar-refractivity contribution in [1.82, 2.24) is 25.3 Å². The average molecular weight is 422 g/mol.